The first-order valence-electron chi connectivity index (χ1n) is 5.73. The normalized spacial score (nSPS) is 29.2. The van der Waals surface area contributed by atoms with Crippen molar-refractivity contribution in [2.24, 2.45) is 0 Å². The summed E-state index contributed by atoms with van der Waals surface area (Å²) in [5.41, 5.74) is 2.05. The second kappa shape index (κ2) is 3.93. The van der Waals surface area contributed by atoms with Crippen LogP contribution in [0.5, 0.6) is 0 Å². The average Bonchev–Trinajstić information content (AvgIpc) is 2.70. The van der Waals surface area contributed by atoms with Crippen LogP contribution in [0.15, 0.2) is 24.3 Å². The monoisotopic (exact) mass is 283 g/mol. The summed E-state index contributed by atoms with van der Waals surface area (Å²) >= 11 is 5.19. The predicted octanol–water partition coefficient (Wildman–Crippen LogP) is 1.28. The van der Waals surface area contributed by atoms with Crippen LogP contribution in [-0.4, -0.2) is 37.2 Å². The first-order valence-corrected chi connectivity index (χ1v) is 7.96. The fourth-order valence-electron chi connectivity index (χ4n) is 2.47. The van der Waals surface area contributed by atoms with Gasteiger partial charge in [-0.25, -0.2) is 8.42 Å². The summed E-state index contributed by atoms with van der Waals surface area (Å²) < 4.78 is 28.8. The number of ether oxygens (including phenoxy) is 1. The van der Waals surface area contributed by atoms with Crippen LogP contribution in [0.1, 0.15) is 5.56 Å². The highest BCUT2D eigenvalue weighted by atomic mass is 32.2. The Bertz CT molecular complexity index is 594. The van der Waals surface area contributed by atoms with E-state index in [0.717, 1.165) is 11.3 Å². The fourth-order valence-corrected chi connectivity index (χ4v) is 4.65. The van der Waals surface area contributed by atoms with Crippen LogP contribution >= 0.6 is 12.2 Å². The molecule has 3 rings (SSSR count). The molecule has 2 saturated heterocycles. The van der Waals surface area contributed by atoms with Gasteiger partial charge in [-0.05, 0) is 31.3 Å². The molecule has 2 fully saturated rings. The number of benzene rings is 1. The third kappa shape index (κ3) is 1.89. The van der Waals surface area contributed by atoms with Gasteiger partial charge in [-0.1, -0.05) is 17.7 Å². The molecule has 0 spiro atoms. The third-order valence-corrected chi connectivity index (χ3v) is 5.34. The lowest BCUT2D eigenvalue weighted by Gasteiger charge is -2.21. The highest BCUT2D eigenvalue weighted by Crippen LogP contribution is 2.32. The van der Waals surface area contributed by atoms with Crippen molar-refractivity contribution in [3.05, 3.63) is 29.8 Å². The van der Waals surface area contributed by atoms with Crippen molar-refractivity contribution in [2.45, 2.75) is 19.1 Å². The summed E-state index contributed by atoms with van der Waals surface area (Å²) in [5, 5.41) is 0.378. The number of sulfone groups is 1. The molecule has 2 unspecified atom stereocenters. The van der Waals surface area contributed by atoms with E-state index in [1.807, 2.05) is 36.1 Å². The van der Waals surface area contributed by atoms with Gasteiger partial charge in [0.2, 0.25) is 0 Å². The van der Waals surface area contributed by atoms with E-state index >= 15 is 0 Å². The van der Waals surface area contributed by atoms with Gasteiger partial charge in [0.1, 0.15) is 6.10 Å². The number of hydrogen-bond donors (Lipinski definition) is 0. The lowest BCUT2D eigenvalue weighted by molar-refractivity contribution is 0.244. The molecular weight excluding hydrogens is 270 g/mol. The number of aryl methyl sites for hydroxylation is 1. The van der Waals surface area contributed by atoms with Gasteiger partial charge in [0, 0.05) is 5.69 Å². The lowest BCUT2D eigenvalue weighted by Crippen LogP contribution is -2.36. The van der Waals surface area contributed by atoms with Crippen molar-refractivity contribution in [1.29, 1.82) is 0 Å². The van der Waals surface area contributed by atoms with E-state index in [-0.39, 0.29) is 23.7 Å². The number of anilines is 1. The van der Waals surface area contributed by atoms with E-state index in [2.05, 4.69) is 0 Å². The van der Waals surface area contributed by atoms with Gasteiger partial charge >= 0.3 is 0 Å². The minimum absolute atomic E-state index is 0.0696. The molecule has 2 aliphatic heterocycles. The van der Waals surface area contributed by atoms with E-state index in [4.69, 9.17) is 17.0 Å². The van der Waals surface area contributed by atoms with Crippen LogP contribution in [0, 0.1) is 6.92 Å². The highest BCUT2D eigenvalue weighted by molar-refractivity contribution is 7.91. The molecule has 0 bridgehead atoms. The number of hydrogen-bond acceptors (Lipinski definition) is 4. The maximum Gasteiger partial charge on any atom is 0.264 e. The smallest absolute Gasteiger partial charge is 0.264 e. The van der Waals surface area contributed by atoms with Crippen LogP contribution in [0.4, 0.5) is 5.69 Å². The van der Waals surface area contributed by atoms with Crippen LogP contribution < -0.4 is 4.90 Å². The molecule has 2 heterocycles. The minimum atomic E-state index is -3.00. The zero-order valence-corrected chi connectivity index (χ0v) is 11.5. The Morgan fingerprint density at radius 3 is 2.61 bits per heavy atom. The summed E-state index contributed by atoms with van der Waals surface area (Å²) in [6, 6.07) is 7.67. The topological polar surface area (TPSA) is 46.6 Å². The van der Waals surface area contributed by atoms with Gasteiger partial charge in [0.05, 0.1) is 17.5 Å². The maximum atomic E-state index is 11.6. The predicted molar refractivity (Wildman–Crippen MR) is 73.6 cm³/mol. The van der Waals surface area contributed by atoms with Crippen LogP contribution in [0.3, 0.4) is 0 Å². The Kier molecular flexibility index (Phi) is 2.60. The summed E-state index contributed by atoms with van der Waals surface area (Å²) in [6.45, 7) is 2.01. The van der Waals surface area contributed by atoms with Gasteiger partial charge in [0.15, 0.2) is 9.84 Å². The molecular formula is C12H13NO3S2. The summed E-state index contributed by atoms with van der Waals surface area (Å²) in [7, 11) is -3.00. The second-order valence-electron chi connectivity index (χ2n) is 4.77. The van der Waals surface area contributed by atoms with Gasteiger partial charge < -0.3 is 4.74 Å². The molecule has 0 saturated carbocycles. The molecule has 1 aromatic carbocycles. The van der Waals surface area contributed by atoms with Gasteiger partial charge in [0.25, 0.3) is 5.17 Å². The highest BCUT2D eigenvalue weighted by Gasteiger charge is 2.49. The summed E-state index contributed by atoms with van der Waals surface area (Å²) in [5.74, 6) is 0.186. The van der Waals surface area contributed by atoms with Crippen molar-refractivity contribution in [2.75, 3.05) is 16.4 Å². The molecule has 18 heavy (non-hydrogen) atoms. The van der Waals surface area contributed by atoms with E-state index in [0.29, 0.717) is 5.17 Å². The number of fused-ring (bicyclic) bond motifs is 1. The van der Waals surface area contributed by atoms with E-state index in [1.54, 1.807) is 0 Å². The van der Waals surface area contributed by atoms with Gasteiger partial charge in [-0.3, -0.25) is 4.90 Å². The standard InChI is InChI=1S/C12H13NO3S2/c1-8-2-4-9(5-3-8)13-10-6-18(14,15)7-11(10)16-12(13)17/h2-5,10-11H,6-7H2,1H3. The Morgan fingerprint density at radius 2 is 1.94 bits per heavy atom. The molecule has 2 aliphatic rings. The van der Waals surface area contributed by atoms with Crippen molar-refractivity contribution in [3.63, 3.8) is 0 Å². The van der Waals surface area contributed by atoms with Crippen molar-refractivity contribution >= 4 is 32.9 Å². The Hall–Kier alpha value is -1.14. The van der Waals surface area contributed by atoms with Crippen LogP contribution in [0.25, 0.3) is 0 Å². The molecule has 6 heteroatoms. The van der Waals surface area contributed by atoms with E-state index in [1.165, 1.54) is 0 Å². The minimum Gasteiger partial charge on any atom is -0.464 e. The SMILES string of the molecule is Cc1ccc(N2C(=S)OC3CS(=O)(=O)CC32)cc1. The zero-order chi connectivity index (χ0) is 12.9. The number of nitrogens with zero attached hydrogens (tertiary/aromatic N) is 1. The molecule has 2 atom stereocenters. The van der Waals surface area contributed by atoms with Crippen molar-refractivity contribution in [3.8, 4) is 0 Å². The number of thiocarbonyl (C=S) groups is 1. The fraction of sp³-hybridized carbons (Fsp3) is 0.417. The Labute approximate surface area is 111 Å². The Morgan fingerprint density at radius 1 is 1.28 bits per heavy atom. The third-order valence-electron chi connectivity index (χ3n) is 3.36. The first-order chi connectivity index (χ1) is 8.46. The quantitative estimate of drug-likeness (QED) is 0.727. The van der Waals surface area contributed by atoms with E-state index in [9.17, 15) is 8.42 Å². The molecule has 0 amide bonds. The largest absolute Gasteiger partial charge is 0.464 e. The second-order valence-corrected chi connectivity index (χ2v) is 7.28. The van der Waals surface area contributed by atoms with Crippen LogP contribution in [0.2, 0.25) is 0 Å². The molecule has 96 valence electrons. The van der Waals surface area contributed by atoms with E-state index < -0.39 is 9.84 Å². The summed E-state index contributed by atoms with van der Waals surface area (Å²) in [6.07, 6.45) is -0.316. The molecule has 0 aromatic heterocycles. The zero-order valence-electron chi connectivity index (χ0n) is 9.87. The van der Waals surface area contributed by atoms with Crippen molar-refractivity contribution in [1.82, 2.24) is 0 Å². The first kappa shape index (κ1) is 11.9. The van der Waals surface area contributed by atoms with Gasteiger partial charge in [-0.15, -0.1) is 0 Å². The maximum absolute atomic E-state index is 11.6. The average molecular weight is 283 g/mol. The molecule has 4 nitrogen and oxygen atoms in total. The molecule has 0 aliphatic carbocycles. The molecule has 1 aromatic rings. The molecule has 0 radical (unpaired) electrons. The van der Waals surface area contributed by atoms with Crippen LogP contribution in [-0.2, 0) is 14.6 Å². The van der Waals surface area contributed by atoms with Gasteiger partial charge in [-0.2, -0.15) is 0 Å². The molecule has 0 N–H and O–H groups in total. The van der Waals surface area contributed by atoms with Crippen molar-refractivity contribution < 1.29 is 13.2 Å². The lowest BCUT2D eigenvalue weighted by atomic mass is 10.1. The summed E-state index contributed by atoms with van der Waals surface area (Å²) in [4.78, 5) is 1.82. The number of rotatable bonds is 1. The Balaban J connectivity index is 1.96.